The van der Waals surface area contributed by atoms with E-state index in [-0.39, 0.29) is 6.04 Å². The van der Waals surface area contributed by atoms with Gasteiger partial charge in [-0.25, -0.2) is 9.78 Å². The van der Waals surface area contributed by atoms with Crippen molar-refractivity contribution >= 4 is 23.5 Å². The smallest absolute Gasteiger partial charge is 0.404 e. The van der Waals surface area contributed by atoms with Gasteiger partial charge in [0.2, 0.25) is 0 Å². The Morgan fingerprint density at radius 2 is 2.21 bits per heavy atom. The third-order valence-electron chi connectivity index (χ3n) is 3.14. The second-order valence-electron chi connectivity index (χ2n) is 4.40. The number of carboxylic acid groups (broad SMARTS) is 1. The quantitative estimate of drug-likeness (QED) is 0.831. The van der Waals surface area contributed by atoms with Crippen LogP contribution in [0, 0.1) is 0 Å². The normalized spacial score (nSPS) is 16.2. The van der Waals surface area contributed by atoms with Crippen molar-refractivity contribution in [1.82, 2.24) is 10.3 Å². The molecule has 0 spiro atoms. The van der Waals surface area contributed by atoms with Gasteiger partial charge in [0, 0.05) is 31.3 Å². The van der Waals surface area contributed by atoms with Crippen LogP contribution in [0.5, 0.6) is 5.75 Å². The van der Waals surface area contributed by atoms with Gasteiger partial charge in [-0.1, -0.05) is 11.6 Å². The Balaban J connectivity index is 2.01. The van der Waals surface area contributed by atoms with Crippen LogP contribution >= 0.6 is 11.6 Å². The van der Waals surface area contributed by atoms with Gasteiger partial charge in [-0.3, -0.25) is 0 Å². The first-order valence-electron chi connectivity index (χ1n) is 6.04. The van der Waals surface area contributed by atoms with Crippen LogP contribution in [0.1, 0.15) is 12.8 Å². The molecule has 2 rings (SSSR count). The number of nitrogens with one attached hydrogen (secondary N) is 1. The standard InChI is InChI=1S/C12H16ClN3O3/c1-19-9-6-10(13)15-11(7-9)16-4-2-8(3-5-16)14-12(17)18/h6-8,14H,2-5H2,1H3,(H,17,18). The van der Waals surface area contributed by atoms with Gasteiger partial charge >= 0.3 is 6.09 Å². The number of hydrogen-bond donors (Lipinski definition) is 2. The molecule has 19 heavy (non-hydrogen) atoms. The molecule has 0 radical (unpaired) electrons. The van der Waals surface area contributed by atoms with Crippen LogP contribution in [0.4, 0.5) is 10.6 Å². The Morgan fingerprint density at radius 1 is 1.53 bits per heavy atom. The number of methoxy groups -OCH3 is 1. The van der Waals surface area contributed by atoms with Crippen LogP contribution in [0.25, 0.3) is 0 Å². The molecule has 6 nitrogen and oxygen atoms in total. The molecule has 1 aromatic heterocycles. The molecule has 1 aromatic rings. The van der Waals surface area contributed by atoms with Gasteiger partial charge in [0.25, 0.3) is 0 Å². The van der Waals surface area contributed by atoms with Crippen molar-refractivity contribution in [3.8, 4) is 5.75 Å². The van der Waals surface area contributed by atoms with Crippen molar-refractivity contribution < 1.29 is 14.6 Å². The summed E-state index contributed by atoms with van der Waals surface area (Å²) in [6, 6.07) is 3.50. The van der Waals surface area contributed by atoms with E-state index in [0.717, 1.165) is 31.7 Å². The van der Waals surface area contributed by atoms with Gasteiger partial charge in [-0.15, -0.1) is 0 Å². The van der Waals surface area contributed by atoms with Crippen LogP contribution in [0.2, 0.25) is 5.15 Å². The van der Waals surface area contributed by atoms with E-state index in [2.05, 4.69) is 15.2 Å². The molecule has 0 saturated carbocycles. The van der Waals surface area contributed by atoms with E-state index < -0.39 is 6.09 Å². The van der Waals surface area contributed by atoms with Crippen LogP contribution < -0.4 is 15.0 Å². The first-order chi connectivity index (χ1) is 9.08. The zero-order valence-corrected chi connectivity index (χ0v) is 11.4. The molecule has 1 aliphatic heterocycles. The number of aromatic nitrogens is 1. The van der Waals surface area contributed by atoms with Gasteiger partial charge in [0.05, 0.1) is 7.11 Å². The highest BCUT2D eigenvalue weighted by molar-refractivity contribution is 6.29. The molecule has 1 amide bonds. The molecular formula is C12H16ClN3O3. The summed E-state index contributed by atoms with van der Waals surface area (Å²) < 4.78 is 5.16. The topological polar surface area (TPSA) is 74.7 Å². The Kier molecular flexibility index (Phi) is 4.31. The van der Waals surface area contributed by atoms with E-state index in [1.54, 1.807) is 13.2 Å². The molecule has 2 N–H and O–H groups in total. The molecule has 104 valence electrons. The minimum atomic E-state index is -0.971. The predicted molar refractivity (Wildman–Crippen MR) is 72.2 cm³/mol. The Morgan fingerprint density at radius 3 is 2.79 bits per heavy atom. The lowest BCUT2D eigenvalue weighted by Gasteiger charge is -2.32. The van der Waals surface area contributed by atoms with Gasteiger partial charge in [0.1, 0.15) is 16.7 Å². The number of anilines is 1. The number of amides is 1. The van der Waals surface area contributed by atoms with Crippen molar-refractivity contribution in [1.29, 1.82) is 0 Å². The SMILES string of the molecule is COc1cc(Cl)nc(N2CCC(NC(=O)O)CC2)c1. The fourth-order valence-corrected chi connectivity index (χ4v) is 2.36. The summed E-state index contributed by atoms with van der Waals surface area (Å²) in [7, 11) is 1.58. The summed E-state index contributed by atoms with van der Waals surface area (Å²) in [5.74, 6) is 1.43. The number of pyridine rings is 1. The lowest BCUT2D eigenvalue weighted by atomic mass is 10.1. The van der Waals surface area contributed by atoms with E-state index in [1.807, 2.05) is 6.07 Å². The summed E-state index contributed by atoms with van der Waals surface area (Å²) in [6.07, 6.45) is 0.534. The van der Waals surface area contributed by atoms with E-state index in [9.17, 15) is 4.79 Å². The molecule has 0 atom stereocenters. The Bertz CT molecular complexity index is 462. The third kappa shape index (κ3) is 3.64. The molecule has 0 bridgehead atoms. The zero-order chi connectivity index (χ0) is 13.8. The molecule has 1 aliphatic rings. The molecule has 2 heterocycles. The maximum absolute atomic E-state index is 10.6. The van der Waals surface area contributed by atoms with Crippen molar-refractivity contribution in [2.75, 3.05) is 25.1 Å². The van der Waals surface area contributed by atoms with E-state index in [4.69, 9.17) is 21.4 Å². The highest BCUT2D eigenvalue weighted by Gasteiger charge is 2.21. The molecule has 0 aliphatic carbocycles. The monoisotopic (exact) mass is 285 g/mol. The molecule has 1 fully saturated rings. The van der Waals surface area contributed by atoms with E-state index >= 15 is 0 Å². The summed E-state index contributed by atoms with van der Waals surface area (Å²) in [4.78, 5) is 16.9. The van der Waals surface area contributed by atoms with Crippen molar-refractivity contribution in [2.45, 2.75) is 18.9 Å². The number of ether oxygens (including phenoxy) is 1. The van der Waals surface area contributed by atoms with Gasteiger partial charge in [-0.2, -0.15) is 0 Å². The maximum atomic E-state index is 10.6. The number of carbonyl (C=O) groups is 1. The largest absolute Gasteiger partial charge is 0.497 e. The molecular weight excluding hydrogens is 270 g/mol. The van der Waals surface area contributed by atoms with Crippen molar-refractivity contribution in [3.05, 3.63) is 17.3 Å². The average Bonchev–Trinajstić information content (AvgIpc) is 2.38. The maximum Gasteiger partial charge on any atom is 0.404 e. The summed E-state index contributed by atoms with van der Waals surface area (Å²) in [5, 5.41) is 11.6. The highest BCUT2D eigenvalue weighted by Crippen LogP contribution is 2.25. The van der Waals surface area contributed by atoms with Crippen LogP contribution in [0.15, 0.2) is 12.1 Å². The van der Waals surface area contributed by atoms with E-state index in [0.29, 0.717) is 10.9 Å². The Labute approximate surface area is 116 Å². The average molecular weight is 286 g/mol. The summed E-state index contributed by atoms with van der Waals surface area (Å²) >= 11 is 5.94. The van der Waals surface area contributed by atoms with Crippen molar-refractivity contribution in [3.63, 3.8) is 0 Å². The highest BCUT2D eigenvalue weighted by atomic mass is 35.5. The number of piperidine rings is 1. The minimum Gasteiger partial charge on any atom is -0.497 e. The van der Waals surface area contributed by atoms with E-state index in [1.165, 1.54) is 0 Å². The van der Waals surface area contributed by atoms with Crippen LogP contribution in [-0.2, 0) is 0 Å². The van der Waals surface area contributed by atoms with Gasteiger partial charge in [0.15, 0.2) is 0 Å². The first-order valence-corrected chi connectivity index (χ1v) is 6.42. The minimum absolute atomic E-state index is 0.00910. The Hall–Kier alpha value is -1.69. The predicted octanol–water partition coefficient (Wildman–Crippen LogP) is 1.98. The fraction of sp³-hybridized carbons (Fsp3) is 0.500. The van der Waals surface area contributed by atoms with Gasteiger partial charge in [-0.05, 0) is 12.8 Å². The summed E-state index contributed by atoms with van der Waals surface area (Å²) in [6.45, 7) is 1.48. The lowest BCUT2D eigenvalue weighted by Crippen LogP contribution is -2.44. The second-order valence-corrected chi connectivity index (χ2v) is 4.79. The number of nitrogens with zero attached hydrogens (tertiary/aromatic N) is 2. The lowest BCUT2D eigenvalue weighted by molar-refractivity contribution is 0.187. The number of rotatable bonds is 3. The van der Waals surface area contributed by atoms with Crippen LogP contribution in [-0.4, -0.2) is 42.4 Å². The molecule has 0 unspecified atom stereocenters. The van der Waals surface area contributed by atoms with Crippen molar-refractivity contribution in [2.24, 2.45) is 0 Å². The first kappa shape index (κ1) is 13.7. The zero-order valence-electron chi connectivity index (χ0n) is 10.6. The van der Waals surface area contributed by atoms with Crippen LogP contribution in [0.3, 0.4) is 0 Å². The van der Waals surface area contributed by atoms with Gasteiger partial charge < -0.3 is 20.1 Å². The molecule has 1 saturated heterocycles. The third-order valence-corrected chi connectivity index (χ3v) is 3.33. The number of halogens is 1. The fourth-order valence-electron chi connectivity index (χ4n) is 2.17. The summed E-state index contributed by atoms with van der Waals surface area (Å²) in [5.41, 5.74) is 0. The molecule has 0 aromatic carbocycles. The second kappa shape index (κ2) is 5.97. The molecule has 7 heteroatoms. The number of hydrogen-bond acceptors (Lipinski definition) is 4.